The van der Waals surface area contributed by atoms with Crippen LogP contribution in [0.25, 0.3) is 5.76 Å². The molecule has 2 fully saturated rings. The predicted octanol–water partition coefficient (Wildman–Crippen LogP) is 7.66. The number of allylic oxidation sites excluding steroid dienone is 5. The number of benzene rings is 2. The molecule has 0 radical (unpaired) electrons. The monoisotopic (exact) mass is 518 g/mol. The van der Waals surface area contributed by atoms with Crippen molar-refractivity contribution in [2.45, 2.75) is 77.2 Å². The maximum Gasteiger partial charge on any atom is 0.156 e. The first-order valence-electron chi connectivity index (χ1n) is 14.6. The van der Waals surface area contributed by atoms with Gasteiger partial charge in [0, 0.05) is 29.0 Å². The summed E-state index contributed by atoms with van der Waals surface area (Å²) in [6.07, 6.45) is 10.8. The molecule has 4 aliphatic rings. The van der Waals surface area contributed by atoms with Gasteiger partial charge >= 0.3 is 0 Å². The zero-order valence-electron chi connectivity index (χ0n) is 23.0. The van der Waals surface area contributed by atoms with Crippen LogP contribution in [0, 0.1) is 29.1 Å². The molecular weight excluding hydrogens is 480 g/mol. The van der Waals surface area contributed by atoms with Gasteiger partial charge in [0.05, 0.1) is 6.10 Å². The Labute approximate surface area is 232 Å². The zero-order chi connectivity index (χ0) is 27.1. The molecule has 0 amide bonds. The first-order chi connectivity index (χ1) is 18.9. The summed E-state index contributed by atoms with van der Waals surface area (Å²) in [6, 6.07) is 16.4. The molecule has 200 valence electrons. The number of carbonyl (C=O) groups is 1. The fourth-order valence-electron chi connectivity index (χ4n) is 7.91. The molecular formula is C36H38O3. The molecule has 0 bridgehead atoms. The summed E-state index contributed by atoms with van der Waals surface area (Å²) >= 11 is 0. The third kappa shape index (κ3) is 4.70. The van der Waals surface area contributed by atoms with Gasteiger partial charge in [-0.15, -0.1) is 0 Å². The van der Waals surface area contributed by atoms with Crippen LogP contribution >= 0.6 is 0 Å². The average molecular weight is 519 g/mol. The van der Waals surface area contributed by atoms with Crippen molar-refractivity contribution in [3.63, 3.8) is 0 Å². The molecule has 0 aromatic heterocycles. The summed E-state index contributed by atoms with van der Waals surface area (Å²) in [5, 5.41) is 21.2. The van der Waals surface area contributed by atoms with Crippen LogP contribution in [0.15, 0.2) is 77.4 Å². The van der Waals surface area contributed by atoms with Gasteiger partial charge in [-0.05, 0) is 115 Å². The molecule has 3 nitrogen and oxygen atoms in total. The van der Waals surface area contributed by atoms with Crippen molar-refractivity contribution >= 4 is 11.5 Å². The minimum absolute atomic E-state index is 0.0590. The Bertz CT molecular complexity index is 1430. The lowest BCUT2D eigenvalue weighted by Crippen LogP contribution is -2.45. The molecule has 2 saturated carbocycles. The quantitative estimate of drug-likeness (QED) is 0.324. The maximum atomic E-state index is 12.2. The van der Waals surface area contributed by atoms with Crippen molar-refractivity contribution in [2.75, 3.05) is 0 Å². The van der Waals surface area contributed by atoms with E-state index in [2.05, 4.69) is 43.0 Å². The van der Waals surface area contributed by atoms with Gasteiger partial charge in [-0.3, -0.25) is 4.79 Å². The molecule has 5 unspecified atom stereocenters. The summed E-state index contributed by atoms with van der Waals surface area (Å²) < 4.78 is 0. The van der Waals surface area contributed by atoms with E-state index in [1.165, 1.54) is 16.7 Å². The van der Waals surface area contributed by atoms with Crippen LogP contribution in [-0.4, -0.2) is 22.1 Å². The lowest BCUT2D eigenvalue weighted by atomic mass is 9.53. The topological polar surface area (TPSA) is 57.5 Å². The molecule has 0 aliphatic heterocycles. The van der Waals surface area contributed by atoms with Gasteiger partial charge in [0.15, 0.2) is 5.78 Å². The molecule has 5 atom stereocenters. The largest absolute Gasteiger partial charge is 0.508 e. The number of fused-ring (bicyclic) bond motifs is 4. The normalized spacial score (nSPS) is 30.1. The van der Waals surface area contributed by atoms with Crippen molar-refractivity contribution in [3.05, 3.63) is 99.7 Å². The van der Waals surface area contributed by atoms with Crippen LogP contribution in [-0.2, 0) is 4.79 Å². The third-order valence-electron chi connectivity index (χ3n) is 9.92. The minimum atomic E-state index is -0.239. The number of carbonyl (C=O) groups excluding carboxylic acids is 1. The van der Waals surface area contributed by atoms with Crippen LogP contribution in [0.5, 0.6) is 0 Å². The van der Waals surface area contributed by atoms with Crippen molar-refractivity contribution in [3.8, 4) is 11.8 Å². The van der Waals surface area contributed by atoms with E-state index >= 15 is 0 Å². The lowest BCUT2D eigenvalue weighted by Gasteiger charge is -2.52. The van der Waals surface area contributed by atoms with Crippen molar-refractivity contribution in [1.29, 1.82) is 0 Å². The standard InChI is InChI=1S/C36H38O3/c1-3-4-33(38)26-13-9-24(10-14-26)6-5-23-7-11-25(12-8-23)31-22-36(2)32(19-20-34(36)39)30-17-15-27-21-28(37)16-18-29(27)35(30)31/h4,7-14,21,30-32,34,38-39H,3,15-20,22H2,1-2H3. The number of aliphatic hydroxyl groups excluding tert-OH is 2. The molecule has 6 rings (SSSR count). The number of hydrogen-bond donors (Lipinski definition) is 2. The smallest absolute Gasteiger partial charge is 0.156 e. The molecule has 2 N–H and O–H groups in total. The van der Waals surface area contributed by atoms with Crippen molar-refractivity contribution in [1.82, 2.24) is 0 Å². The molecule has 0 spiro atoms. The highest BCUT2D eigenvalue weighted by atomic mass is 16.3. The summed E-state index contributed by atoms with van der Waals surface area (Å²) in [5.41, 5.74) is 8.22. The number of aliphatic hydroxyl groups is 2. The zero-order valence-corrected chi connectivity index (χ0v) is 23.0. The fourth-order valence-corrected chi connectivity index (χ4v) is 7.91. The second-order valence-electron chi connectivity index (χ2n) is 12.1. The molecule has 0 heterocycles. The Kier molecular flexibility index (Phi) is 6.86. The Hall–Kier alpha value is -3.35. The molecule has 0 saturated heterocycles. The minimum Gasteiger partial charge on any atom is -0.508 e. The van der Waals surface area contributed by atoms with Gasteiger partial charge in [-0.2, -0.15) is 0 Å². The van der Waals surface area contributed by atoms with Crippen molar-refractivity contribution < 1.29 is 15.0 Å². The number of ketones is 1. The Balaban J connectivity index is 1.30. The Morgan fingerprint density at radius 1 is 0.974 bits per heavy atom. The van der Waals surface area contributed by atoms with Gasteiger partial charge in [0.1, 0.15) is 5.76 Å². The molecule has 4 aliphatic carbocycles. The van der Waals surface area contributed by atoms with Crippen LogP contribution in [0.2, 0.25) is 0 Å². The van der Waals surface area contributed by atoms with Crippen LogP contribution in [0.4, 0.5) is 0 Å². The third-order valence-corrected chi connectivity index (χ3v) is 9.92. The predicted molar refractivity (Wildman–Crippen MR) is 156 cm³/mol. The van der Waals surface area contributed by atoms with E-state index < -0.39 is 0 Å². The van der Waals surface area contributed by atoms with Crippen LogP contribution in [0.3, 0.4) is 0 Å². The molecule has 3 heteroatoms. The molecule has 2 aromatic rings. The highest BCUT2D eigenvalue weighted by Gasteiger charge is 2.56. The average Bonchev–Trinajstić information content (AvgIpc) is 3.25. The highest BCUT2D eigenvalue weighted by molar-refractivity contribution is 5.93. The van der Waals surface area contributed by atoms with E-state index in [0.29, 0.717) is 24.0 Å². The summed E-state index contributed by atoms with van der Waals surface area (Å²) in [4.78, 5) is 12.2. The van der Waals surface area contributed by atoms with Crippen LogP contribution in [0.1, 0.15) is 93.4 Å². The van der Waals surface area contributed by atoms with E-state index in [1.807, 2.05) is 37.3 Å². The van der Waals surface area contributed by atoms with Gasteiger partial charge in [0.2, 0.25) is 0 Å². The maximum absolute atomic E-state index is 12.2. The molecule has 2 aromatic carbocycles. The second kappa shape index (κ2) is 10.3. The van der Waals surface area contributed by atoms with Crippen molar-refractivity contribution in [2.24, 2.45) is 17.3 Å². The Morgan fingerprint density at radius 2 is 1.67 bits per heavy atom. The summed E-state index contributed by atoms with van der Waals surface area (Å²) in [6.45, 7) is 4.32. The SMILES string of the molecule is CCC=C(O)c1ccc(C#Cc2ccc(C3CC4(C)C(O)CCC4C4CCC5=CC(=O)CCC5=C34)cc2)cc1. The van der Waals surface area contributed by atoms with E-state index in [0.717, 1.165) is 61.6 Å². The van der Waals surface area contributed by atoms with Gasteiger partial charge in [0.25, 0.3) is 0 Å². The highest BCUT2D eigenvalue weighted by Crippen LogP contribution is 2.63. The first-order valence-corrected chi connectivity index (χ1v) is 14.6. The molecule has 39 heavy (non-hydrogen) atoms. The van der Waals surface area contributed by atoms with E-state index in [9.17, 15) is 15.0 Å². The first kappa shape index (κ1) is 25.9. The number of rotatable bonds is 3. The van der Waals surface area contributed by atoms with E-state index in [-0.39, 0.29) is 23.2 Å². The fraction of sp³-hybridized carbons (Fsp3) is 0.417. The van der Waals surface area contributed by atoms with Gasteiger partial charge in [-0.25, -0.2) is 0 Å². The summed E-state index contributed by atoms with van der Waals surface area (Å²) in [7, 11) is 0. The van der Waals surface area contributed by atoms with Gasteiger partial charge in [-0.1, -0.05) is 55.5 Å². The second-order valence-corrected chi connectivity index (χ2v) is 12.1. The number of hydrogen-bond acceptors (Lipinski definition) is 3. The van der Waals surface area contributed by atoms with Gasteiger partial charge < -0.3 is 10.2 Å². The van der Waals surface area contributed by atoms with E-state index in [4.69, 9.17) is 0 Å². The van der Waals surface area contributed by atoms with Crippen LogP contribution < -0.4 is 0 Å². The lowest BCUT2D eigenvalue weighted by molar-refractivity contribution is -0.114. The van der Waals surface area contributed by atoms with E-state index in [1.54, 1.807) is 11.6 Å². The Morgan fingerprint density at radius 3 is 2.36 bits per heavy atom. The summed E-state index contributed by atoms with van der Waals surface area (Å²) in [5.74, 6) is 8.43.